The lowest BCUT2D eigenvalue weighted by Crippen LogP contribution is -1.90. The molecule has 0 aliphatic rings. The molecule has 1 aromatic heterocycles. The number of nitrogen functional groups attached to an aromatic ring is 1. The van der Waals surface area contributed by atoms with Crippen LogP contribution in [-0.2, 0) is 0 Å². The molecular weight excluding hydrogens is 170 g/mol. The fourth-order valence-electron chi connectivity index (χ4n) is 1.18. The Morgan fingerprint density at radius 3 is 3.00 bits per heavy atom. The van der Waals surface area contributed by atoms with E-state index in [4.69, 9.17) is 10.5 Å². The summed E-state index contributed by atoms with van der Waals surface area (Å²) in [6, 6.07) is 5.96. The van der Waals surface area contributed by atoms with Crippen molar-refractivity contribution in [2.45, 2.75) is 0 Å². The van der Waals surface area contributed by atoms with Gasteiger partial charge in [-0.3, -0.25) is 0 Å². The third-order valence-corrected chi connectivity index (χ3v) is 2.68. The standard InChI is InChI=1S/C9H9NOS/c1-11-8-4-6-2-3-12-9(6)5-7(8)10/h2-5H,10H2,1H3. The maximum absolute atomic E-state index is 5.74. The molecule has 3 heteroatoms. The Balaban J connectivity index is 2.73. The van der Waals surface area contributed by atoms with E-state index < -0.39 is 0 Å². The summed E-state index contributed by atoms with van der Waals surface area (Å²) >= 11 is 1.69. The molecule has 0 aliphatic carbocycles. The summed E-state index contributed by atoms with van der Waals surface area (Å²) in [4.78, 5) is 0. The minimum Gasteiger partial charge on any atom is -0.495 e. The molecule has 0 amide bonds. The van der Waals surface area contributed by atoms with Crippen molar-refractivity contribution in [2.24, 2.45) is 0 Å². The molecule has 0 aliphatic heterocycles. The zero-order valence-corrected chi connectivity index (χ0v) is 7.52. The monoisotopic (exact) mass is 179 g/mol. The first-order valence-corrected chi connectivity index (χ1v) is 4.50. The van der Waals surface area contributed by atoms with Gasteiger partial charge in [0.15, 0.2) is 0 Å². The Hall–Kier alpha value is -1.22. The second-order valence-corrected chi connectivity index (χ2v) is 3.50. The minimum absolute atomic E-state index is 0.701. The van der Waals surface area contributed by atoms with E-state index >= 15 is 0 Å². The van der Waals surface area contributed by atoms with Gasteiger partial charge in [-0.05, 0) is 29.0 Å². The highest BCUT2D eigenvalue weighted by atomic mass is 32.1. The topological polar surface area (TPSA) is 35.2 Å². The van der Waals surface area contributed by atoms with Gasteiger partial charge in [-0.1, -0.05) is 0 Å². The van der Waals surface area contributed by atoms with E-state index in [0.717, 1.165) is 5.75 Å². The summed E-state index contributed by atoms with van der Waals surface area (Å²) in [6.45, 7) is 0. The van der Waals surface area contributed by atoms with Gasteiger partial charge in [0.1, 0.15) is 5.75 Å². The normalized spacial score (nSPS) is 10.4. The molecule has 2 aromatic rings. The molecule has 0 atom stereocenters. The van der Waals surface area contributed by atoms with Crippen LogP contribution in [-0.4, -0.2) is 7.11 Å². The number of ether oxygens (including phenoxy) is 1. The first kappa shape index (κ1) is 7.43. The van der Waals surface area contributed by atoms with Gasteiger partial charge in [-0.25, -0.2) is 0 Å². The van der Waals surface area contributed by atoms with Crippen molar-refractivity contribution in [1.29, 1.82) is 0 Å². The average Bonchev–Trinajstić information content (AvgIpc) is 2.49. The van der Waals surface area contributed by atoms with Crippen molar-refractivity contribution in [3.63, 3.8) is 0 Å². The summed E-state index contributed by atoms with van der Waals surface area (Å²) in [5.74, 6) is 0.751. The maximum atomic E-state index is 5.74. The van der Waals surface area contributed by atoms with Gasteiger partial charge >= 0.3 is 0 Å². The summed E-state index contributed by atoms with van der Waals surface area (Å²) in [6.07, 6.45) is 0. The number of rotatable bonds is 1. The van der Waals surface area contributed by atoms with Gasteiger partial charge in [-0.15, -0.1) is 11.3 Å². The van der Waals surface area contributed by atoms with Crippen LogP contribution in [0.1, 0.15) is 0 Å². The van der Waals surface area contributed by atoms with Gasteiger partial charge in [0, 0.05) is 4.70 Å². The van der Waals surface area contributed by atoms with E-state index in [9.17, 15) is 0 Å². The molecular formula is C9H9NOS. The van der Waals surface area contributed by atoms with Crippen LogP contribution in [0.25, 0.3) is 10.1 Å². The van der Waals surface area contributed by atoms with Gasteiger partial charge in [0.25, 0.3) is 0 Å². The average molecular weight is 179 g/mol. The zero-order chi connectivity index (χ0) is 8.55. The molecule has 0 radical (unpaired) electrons. The molecule has 0 spiro atoms. The number of hydrogen-bond acceptors (Lipinski definition) is 3. The van der Waals surface area contributed by atoms with Crippen LogP contribution in [0.4, 0.5) is 5.69 Å². The number of nitrogens with two attached hydrogens (primary N) is 1. The quantitative estimate of drug-likeness (QED) is 0.682. The highest BCUT2D eigenvalue weighted by Gasteiger charge is 2.01. The highest BCUT2D eigenvalue weighted by Crippen LogP contribution is 2.30. The lowest BCUT2D eigenvalue weighted by atomic mass is 10.2. The van der Waals surface area contributed by atoms with Gasteiger partial charge < -0.3 is 10.5 Å². The van der Waals surface area contributed by atoms with E-state index in [1.165, 1.54) is 10.1 Å². The summed E-state index contributed by atoms with van der Waals surface area (Å²) in [5.41, 5.74) is 6.44. The lowest BCUT2D eigenvalue weighted by Gasteiger charge is -2.03. The maximum Gasteiger partial charge on any atom is 0.142 e. The van der Waals surface area contributed by atoms with Crippen molar-refractivity contribution < 1.29 is 4.74 Å². The van der Waals surface area contributed by atoms with E-state index in [0.29, 0.717) is 5.69 Å². The predicted molar refractivity (Wildman–Crippen MR) is 52.8 cm³/mol. The first-order chi connectivity index (χ1) is 5.81. The Morgan fingerprint density at radius 2 is 2.25 bits per heavy atom. The zero-order valence-electron chi connectivity index (χ0n) is 6.70. The molecule has 0 saturated heterocycles. The van der Waals surface area contributed by atoms with Crippen LogP contribution in [0, 0.1) is 0 Å². The minimum atomic E-state index is 0.701. The molecule has 2 rings (SSSR count). The van der Waals surface area contributed by atoms with Crippen molar-refractivity contribution >= 4 is 27.1 Å². The fraction of sp³-hybridized carbons (Fsp3) is 0.111. The third kappa shape index (κ3) is 1.02. The van der Waals surface area contributed by atoms with Crippen molar-refractivity contribution in [1.82, 2.24) is 0 Å². The number of anilines is 1. The molecule has 2 nitrogen and oxygen atoms in total. The van der Waals surface area contributed by atoms with E-state index in [1.807, 2.05) is 17.5 Å². The fourth-order valence-corrected chi connectivity index (χ4v) is 2.00. The summed E-state index contributed by atoms with van der Waals surface area (Å²) in [7, 11) is 1.63. The molecule has 1 heterocycles. The number of benzene rings is 1. The predicted octanol–water partition coefficient (Wildman–Crippen LogP) is 2.49. The number of thiophene rings is 1. The molecule has 2 N–H and O–H groups in total. The summed E-state index contributed by atoms with van der Waals surface area (Å²) < 4.78 is 6.30. The number of methoxy groups -OCH3 is 1. The van der Waals surface area contributed by atoms with Crippen molar-refractivity contribution in [2.75, 3.05) is 12.8 Å². The Kier molecular flexibility index (Phi) is 1.66. The Morgan fingerprint density at radius 1 is 1.42 bits per heavy atom. The van der Waals surface area contributed by atoms with E-state index in [1.54, 1.807) is 18.4 Å². The second kappa shape index (κ2) is 2.68. The first-order valence-electron chi connectivity index (χ1n) is 3.62. The second-order valence-electron chi connectivity index (χ2n) is 2.55. The number of fused-ring (bicyclic) bond motifs is 1. The largest absolute Gasteiger partial charge is 0.495 e. The molecule has 0 saturated carbocycles. The van der Waals surface area contributed by atoms with E-state index in [-0.39, 0.29) is 0 Å². The molecule has 0 fully saturated rings. The van der Waals surface area contributed by atoms with Crippen molar-refractivity contribution in [3.05, 3.63) is 23.6 Å². The highest BCUT2D eigenvalue weighted by molar-refractivity contribution is 7.17. The third-order valence-electron chi connectivity index (χ3n) is 1.80. The number of hydrogen-bond donors (Lipinski definition) is 1. The molecule has 0 bridgehead atoms. The summed E-state index contributed by atoms with van der Waals surface area (Å²) in [5, 5.41) is 3.23. The van der Waals surface area contributed by atoms with Crippen LogP contribution in [0.5, 0.6) is 5.75 Å². The van der Waals surface area contributed by atoms with Gasteiger partial charge in [0.2, 0.25) is 0 Å². The van der Waals surface area contributed by atoms with Crippen LogP contribution >= 0.6 is 11.3 Å². The SMILES string of the molecule is COc1cc2ccsc2cc1N. The Labute approximate surface area is 74.6 Å². The van der Waals surface area contributed by atoms with Crippen LogP contribution < -0.4 is 10.5 Å². The molecule has 12 heavy (non-hydrogen) atoms. The van der Waals surface area contributed by atoms with Crippen LogP contribution in [0.2, 0.25) is 0 Å². The lowest BCUT2D eigenvalue weighted by molar-refractivity contribution is 0.417. The van der Waals surface area contributed by atoms with Crippen molar-refractivity contribution in [3.8, 4) is 5.75 Å². The van der Waals surface area contributed by atoms with E-state index in [2.05, 4.69) is 6.07 Å². The molecule has 1 aromatic carbocycles. The molecule has 0 unspecified atom stereocenters. The van der Waals surface area contributed by atoms with Crippen LogP contribution in [0.15, 0.2) is 23.6 Å². The van der Waals surface area contributed by atoms with Gasteiger partial charge in [-0.2, -0.15) is 0 Å². The van der Waals surface area contributed by atoms with Crippen LogP contribution in [0.3, 0.4) is 0 Å². The Bertz CT molecular complexity index is 408. The smallest absolute Gasteiger partial charge is 0.142 e. The molecule has 62 valence electrons. The van der Waals surface area contributed by atoms with Gasteiger partial charge in [0.05, 0.1) is 12.8 Å².